The van der Waals surface area contributed by atoms with Crippen LogP contribution in [0.3, 0.4) is 0 Å². The zero-order chi connectivity index (χ0) is 12.2. The third-order valence-electron chi connectivity index (χ3n) is 2.73. The van der Waals surface area contributed by atoms with Crippen molar-refractivity contribution >= 4 is 5.97 Å². The van der Waals surface area contributed by atoms with Gasteiger partial charge >= 0.3 is 5.97 Å². The van der Waals surface area contributed by atoms with E-state index in [9.17, 15) is 9.18 Å². The lowest BCUT2D eigenvalue weighted by atomic mass is 9.85. The molecular weight excluding hydrogens is 209 g/mol. The van der Waals surface area contributed by atoms with Crippen molar-refractivity contribution in [2.75, 3.05) is 7.11 Å². The molecule has 0 fully saturated rings. The van der Waals surface area contributed by atoms with Gasteiger partial charge in [0.1, 0.15) is 5.82 Å². The van der Waals surface area contributed by atoms with Crippen LogP contribution in [0.5, 0.6) is 0 Å². The average molecular weight is 225 g/mol. The van der Waals surface area contributed by atoms with E-state index in [0.29, 0.717) is 12.0 Å². The number of carbonyl (C=O) groups is 1. The molecule has 1 rings (SSSR count). The molecule has 0 aliphatic carbocycles. The molecule has 0 saturated heterocycles. The van der Waals surface area contributed by atoms with Crippen LogP contribution in [-0.4, -0.2) is 13.1 Å². The fourth-order valence-electron chi connectivity index (χ4n) is 1.61. The van der Waals surface area contributed by atoms with E-state index in [4.69, 9.17) is 5.73 Å². The topological polar surface area (TPSA) is 52.3 Å². The Morgan fingerprint density at radius 1 is 1.50 bits per heavy atom. The van der Waals surface area contributed by atoms with Gasteiger partial charge < -0.3 is 10.5 Å². The molecule has 0 heterocycles. The van der Waals surface area contributed by atoms with Crippen molar-refractivity contribution in [2.24, 2.45) is 5.73 Å². The maximum Gasteiger partial charge on any atom is 0.307 e. The quantitative estimate of drug-likeness (QED) is 0.797. The lowest BCUT2D eigenvalue weighted by Crippen LogP contribution is -2.39. The first-order valence-electron chi connectivity index (χ1n) is 5.14. The van der Waals surface area contributed by atoms with Crippen molar-refractivity contribution in [1.82, 2.24) is 0 Å². The van der Waals surface area contributed by atoms with Gasteiger partial charge in [-0.3, -0.25) is 4.79 Å². The van der Waals surface area contributed by atoms with Crippen molar-refractivity contribution in [3.63, 3.8) is 0 Å². The van der Waals surface area contributed by atoms with Crippen LogP contribution in [0.25, 0.3) is 0 Å². The molecule has 1 atom stereocenters. The van der Waals surface area contributed by atoms with Crippen LogP contribution in [-0.2, 0) is 15.1 Å². The van der Waals surface area contributed by atoms with Gasteiger partial charge in [-0.1, -0.05) is 25.1 Å². The number of rotatable bonds is 4. The highest BCUT2D eigenvalue weighted by atomic mass is 19.1. The van der Waals surface area contributed by atoms with Crippen molar-refractivity contribution in [1.29, 1.82) is 0 Å². The standard InChI is InChI=1S/C12H16FNO2/c1-3-12(14,8-11(15)16-2)9-6-4-5-7-10(9)13/h4-7H,3,8,14H2,1-2H3. The van der Waals surface area contributed by atoms with Crippen molar-refractivity contribution in [3.05, 3.63) is 35.6 Å². The number of methoxy groups -OCH3 is 1. The van der Waals surface area contributed by atoms with Gasteiger partial charge in [0.05, 0.1) is 19.1 Å². The van der Waals surface area contributed by atoms with Gasteiger partial charge in [-0.25, -0.2) is 4.39 Å². The Bertz CT molecular complexity index is 381. The van der Waals surface area contributed by atoms with Crippen LogP contribution in [0.4, 0.5) is 4.39 Å². The lowest BCUT2D eigenvalue weighted by Gasteiger charge is -2.27. The number of halogens is 1. The first kappa shape index (κ1) is 12.6. The maximum atomic E-state index is 13.6. The summed E-state index contributed by atoms with van der Waals surface area (Å²) in [5.74, 6) is -0.830. The van der Waals surface area contributed by atoms with Gasteiger partial charge in [-0.2, -0.15) is 0 Å². The first-order chi connectivity index (χ1) is 7.53. The summed E-state index contributed by atoms with van der Waals surface area (Å²) in [7, 11) is 1.29. The Morgan fingerprint density at radius 3 is 2.62 bits per heavy atom. The van der Waals surface area contributed by atoms with Gasteiger partial charge in [0, 0.05) is 5.56 Å². The number of hydrogen-bond acceptors (Lipinski definition) is 3. The summed E-state index contributed by atoms with van der Waals surface area (Å²) in [4.78, 5) is 11.2. The molecule has 0 bridgehead atoms. The van der Waals surface area contributed by atoms with E-state index in [0.717, 1.165) is 0 Å². The molecular formula is C12H16FNO2. The molecule has 1 aromatic rings. The second-order valence-electron chi connectivity index (χ2n) is 3.74. The lowest BCUT2D eigenvalue weighted by molar-refractivity contribution is -0.142. The van der Waals surface area contributed by atoms with Crippen molar-refractivity contribution in [2.45, 2.75) is 25.3 Å². The van der Waals surface area contributed by atoms with Gasteiger partial charge in [-0.05, 0) is 12.5 Å². The Balaban J connectivity index is 3.05. The number of carbonyl (C=O) groups excluding carboxylic acids is 1. The van der Waals surface area contributed by atoms with Crippen LogP contribution >= 0.6 is 0 Å². The van der Waals surface area contributed by atoms with Crippen LogP contribution in [0.15, 0.2) is 24.3 Å². The summed E-state index contributed by atoms with van der Waals surface area (Å²) in [5, 5.41) is 0. The molecule has 0 aliphatic rings. The normalized spacial score (nSPS) is 14.2. The van der Waals surface area contributed by atoms with Gasteiger partial charge in [-0.15, -0.1) is 0 Å². The van der Waals surface area contributed by atoms with E-state index in [-0.39, 0.29) is 6.42 Å². The number of benzene rings is 1. The molecule has 88 valence electrons. The minimum Gasteiger partial charge on any atom is -0.469 e. The second-order valence-corrected chi connectivity index (χ2v) is 3.74. The number of esters is 1. The fraction of sp³-hybridized carbons (Fsp3) is 0.417. The minimum absolute atomic E-state index is 0.0269. The summed E-state index contributed by atoms with van der Waals surface area (Å²) >= 11 is 0. The summed E-state index contributed by atoms with van der Waals surface area (Å²) in [6.45, 7) is 1.81. The molecule has 0 radical (unpaired) electrons. The Hall–Kier alpha value is -1.42. The van der Waals surface area contributed by atoms with E-state index < -0.39 is 17.3 Å². The maximum absolute atomic E-state index is 13.6. The number of nitrogens with two attached hydrogens (primary N) is 1. The SMILES string of the molecule is CCC(N)(CC(=O)OC)c1ccccc1F. The predicted molar refractivity (Wildman–Crippen MR) is 59.2 cm³/mol. The molecule has 0 saturated carbocycles. The van der Waals surface area contributed by atoms with E-state index in [1.807, 2.05) is 6.92 Å². The van der Waals surface area contributed by atoms with Crippen molar-refractivity contribution in [3.8, 4) is 0 Å². The Kier molecular flexibility index (Phi) is 4.01. The first-order valence-corrected chi connectivity index (χ1v) is 5.14. The van der Waals surface area contributed by atoms with Crippen LogP contribution in [0.2, 0.25) is 0 Å². The molecule has 0 amide bonds. The average Bonchev–Trinajstić information content (AvgIpc) is 2.29. The second kappa shape index (κ2) is 5.07. The smallest absolute Gasteiger partial charge is 0.307 e. The summed E-state index contributed by atoms with van der Waals surface area (Å²) in [6.07, 6.45) is 0.434. The third kappa shape index (κ3) is 2.58. The molecule has 1 aromatic carbocycles. The highest BCUT2D eigenvalue weighted by Gasteiger charge is 2.31. The van der Waals surface area contributed by atoms with Gasteiger partial charge in [0.15, 0.2) is 0 Å². The monoisotopic (exact) mass is 225 g/mol. The molecule has 3 nitrogen and oxygen atoms in total. The number of hydrogen-bond donors (Lipinski definition) is 1. The molecule has 0 aliphatic heterocycles. The Labute approximate surface area is 94.4 Å². The molecule has 0 spiro atoms. The van der Waals surface area contributed by atoms with E-state index in [1.165, 1.54) is 13.2 Å². The zero-order valence-electron chi connectivity index (χ0n) is 9.50. The number of ether oxygens (including phenoxy) is 1. The summed E-state index contributed by atoms with van der Waals surface area (Å²) < 4.78 is 18.2. The van der Waals surface area contributed by atoms with E-state index >= 15 is 0 Å². The van der Waals surface area contributed by atoms with Gasteiger partial charge in [0.2, 0.25) is 0 Å². The Morgan fingerprint density at radius 2 is 2.12 bits per heavy atom. The predicted octanol–water partition coefficient (Wildman–Crippen LogP) is 1.95. The third-order valence-corrected chi connectivity index (χ3v) is 2.73. The molecule has 16 heavy (non-hydrogen) atoms. The highest BCUT2D eigenvalue weighted by molar-refractivity contribution is 5.71. The van der Waals surface area contributed by atoms with E-state index in [1.54, 1.807) is 18.2 Å². The zero-order valence-corrected chi connectivity index (χ0v) is 9.50. The largest absolute Gasteiger partial charge is 0.469 e. The van der Waals surface area contributed by atoms with Crippen LogP contribution in [0, 0.1) is 5.82 Å². The van der Waals surface area contributed by atoms with Gasteiger partial charge in [0.25, 0.3) is 0 Å². The minimum atomic E-state index is -1.00. The van der Waals surface area contributed by atoms with Crippen LogP contribution in [0.1, 0.15) is 25.3 Å². The fourth-order valence-corrected chi connectivity index (χ4v) is 1.61. The van der Waals surface area contributed by atoms with Crippen molar-refractivity contribution < 1.29 is 13.9 Å². The highest BCUT2D eigenvalue weighted by Crippen LogP contribution is 2.28. The van der Waals surface area contributed by atoms with Crippen LogP contribution < -0.4 is 5.73 Å². The summed E-state index contributed by atoms with van der Waals surface area (Å²) in [5.41, 5.74) is 5.40. The van der Waals surface area contributed by atoms with E-state index in [2.05, 4.69) is 4.74 Å². The molecule has 4 heteroatoms. The summed E-state index contributed by atoms with van der Waals surface area (Å²) in [6, 6.07) is 6.23. The molecule has 1 unspecified atom stereocenters. The molecule has 2 N–H and O–H groups in total. The molecule has 0 aromatic heterocycles.